The van der Waals surface area contributed by atoms with Gasteiger partial charge in [0.1, 0.15) is 23.0 Å². The Bertz CT molecular complexity index is 1690. The van der Waals surface area contributed by atoms with Gasteiger partial charge in [-0.2, -0.15) is 4.68 Å². The predicted octanol–water partition coefficient (Wildman–Crippen LogP) is 5.20. The molecule has 10 nitrogen and oxygen atoms in total. The number of imidazole rings is 1. The number of nitrogens with zero attached hydrogens (tertiary/aromatic N) is 5. The predicted molar refractivity (Wildman–Crippen MR) is 149 cm³/mol. The smallest absolute Gasteiger partial charge is 0.244 e. The highest BCUT2D eigenvalue weighted by Gasteiger charge is 2.22. The molecule has 3 heterocycles. The fourth-order valence-corrected chi connectivity index (χ4v) is 4.79. The fourth-order valence-electron chi connectivity index (χ4n) is 4.36. The molecule has 2 N–H and O–H groups in total. The van der Waals surface area contributed by atoms with Gasteiger partial charge in [-0.05, 0) is 64.9 Å². The number of rotatable bonds is 8. The van der Waals surface area contributed by atoms with Gasteiger partial charge >= 0.3 is 0 Å². The van der Waals surface area contributed by atoms with E-state index in [0.717, 1.165) is 11.1 Å². The zero-order chi connectivity index (χ0) is 27.5. The van der Waals surface area contributed by atoms with Crippen molar-refractivity contribution in [2.24, 2.45) is 0 Å². The van der Waals surface area contributed by atoms with E-state index in [4.69, 9.17) is 37.7 Å². The first kappa shape index (κ1) is 25.6. The molecule has 2 aromatic heterocycles. The number of hydrogen-bond acceptors (Lipinski definition) is 7. The summed E-state index contributed by atoms with van der Waals surface area (Å²) >= 11 is 12.8. The molecule has 1 aliphatic rings. The molecule has 0 bridgehead atoms. The molecule has 0 fully saturated rings. The summed E-state index contributed by atoms with van der Waals surface area (Å²) in [5, 5.41) is 15.2. The van der Waals surface area contributed by atoms with Crippen LogP contribution in [-0.2, 0) is 11.2 Å². The number of carbonyl (C=O) groups is 1. The van der Waals surface area contributed by atoms with Crippen LogP contribution in [0.5, 0.6) is 11.5 Å². The van der Waals surface area contributed by atoms with Gasteiger partial charge in [-0.3, -0.25) is 4.79 Å². The molecule has 0 aliphatic carbocycles. The van der Waals surface area contributed by atoms with Crippen molar-refractivity contribution < 1.29 is 14.3 Å². The highest BCUT2D eigenvalue weighted by atomic mass is 35.5. The number of hydrogen-bond donors (Lipinski definition) is 2. The van der Waals surface area contributed by atoms with Crippen LogP contribution in [0.25, 0.3) is 23.0 Å². The number of benzene rings is 3. The van der Waals surface area contributed by atoms with Gasteiger partial charge in [0, 0.05) is 22.2 Å². The summed E-state index contributed by atoms with van der Waals surface area (Å²) in [5.41, 5.74) is 3.66. The van der Waals surface area contributed by atoms with Crippen LogP contribution in [0.3, 0.4) is 0 Å². The number of H-pyrrole nitrogens is 1. The minimum atomic E-state index is -0.502. The second-order valence-electron chi connectivity index (χ2n) is 8.89. The monoisotopic (exact) mass is 573 g/mol. The van der Waals surface area contributed by atoms with Gasteiger partial charge in [-0.15, -0.1) is 5.10 Å². The minimum Gasteiger partial charge on any atom is -0.454 e. The van der Waals surface area contributed by atoms with E-state index < -0.39 is 6.04 Å². The average molecular weight is 574 g/mol. The van der Waals surface area contributed by atoms with Crippen molar-refractivity contribution in [2.45, 2.75) is 12.5 Å². The number of ether oxygens (including phenoxy) is 2. The lowest BCUT2D eigenvalue weighted by atomic mass is 10.1. The number of amides is 1. The molecule has 0 saturated heterocycles. The maximum atomic E-state index is 13.2. The van der Waals surface area contributed by atoms with Gasteiger partial charge in [0.15, 0.2) is 11.5 Å². The largest absolute Gasteiger partial charge is 0.454 e. The van der Waals surface area contributed by atoms with Crippen molar-refractivity contribution in [1.82, 2.24) is 35.5 Å². The van der Waals surface area contributed by atoms with E-state index in [2.05, 4.69) is 25.8 Å². The van der Waals surface area contributed by atoms with Crippen molar-refractivity contribution in [3.63, 3.8) is 0 Å². The minimum absolute atomic E-state index is 0.170. The molecule has 0 unspecified atom stereocenters. The first-order chi connectivity index (χ1) is 19.5. The highest BCUT2D eigenvalue weighted by Crippen LogP contribution is 2.37. The molecule has 12 heteroatoms. The van der Waals surface area contributed by atoms with E-state index in [1.165, 1.54) is 17.1 Å². The first-order valence-electron chi connectivity index (χ1n) is 12.2. The van der Waals surface area contributed by atoms with E-state index in [0.29, 0.717) is 50.9 Å². The summed E-state index contributed by atoms with van der Waals surface area (Å²) in [6.07, 6.45) is 5.04. The molecule has 1 amide bonds. The molecular formula is C28H21Cl2N7O3. The standard InChI is InChI=1S/C28H21Cl2N7O3/c29-20-8-9-22(37-15-31-35-36-37)18(13-20)7-11-25(38)32-21(12-17-4-2-1-3-5-17)28-33-26(27(30)34-28)19-6-10-23-24(14-19)40-16-39-23/h1-11,13-15,21H,12,16H2,(H,32,38)(H,33,34)/t21-/m0/s1. The van der Waals surface area contributed by atoms with Crippen LogP contribution in [0.15, 0.2) is 79.1 Å². The van der Waals surface area contributed by atoms with Gasteiger partial charge in [0.05, 0.1) is 11.7 Å². The molecule has 0 spiro atoms. The van der Waals surface area contributed by atoms with Crippen molar-refractivity contribution in [2.75, 3.05) is 6.79 Å². The molecule has 3 aromatic carbocycles. The quantitative estimate of drug-likeness (QED) is 0.245. The molecule has 5 aromatic rings. The van der Waals surface area contributed by atoms with Crippen LogP contribution in [0.1, 0.15) is 23.0 Å². The number of aromatic nitrogens is 6. The Kier molecular flexibility index (Phi) is 7.17. The SMILES string of the molecule is O=C(C=Cc1cc(Cl)ccc1-n1cnnn1)N[C@@H](Cc1ccccc1)c1nc(-c2ccc3c(c2)OCO3)c(Cl)[nH]1. The van der Waals surface area contributed by atoms with Crippen molar-refractivity contribution in [3.8, 4) is 28.4 Å². The second kappa shape index (κ2) is 11.2. The third kappa shape index (κ3) is 5.54. The van der Waals surface area contributed by atoms with E-state index in [1.54, 1.807) is 24.3 Å². The van der Waals surface area contributed by atoms with Crippen LogP contribution < -0.4 is 14.8 Å². The Morgan fingerprint density at radius 1 is 1.07 bits per heavy atom. The molecule has 200 valence electrons. The lowest BCUT2D eigenvalue weighted by Crippen LogP contribution is -2.29. The van der Waals surface area contributed by atoms with Crippen LogP contribution in [0.4, 0.5) is 0 Å². The maximum absolute atomic E-state index is 13.2. The summed E-state index contributed by atoms with van der Waals surface area (Å²) in [5.74, 6) is 1.47. The van der Waals surface area contributed by atoms with E-state index in [-0.39, 0.29) is 12.7 Å². The summed E-state index contributed by atoms with van der Waals surface area (Å²) in [4.78, 5) is 21.1. The number of fused-ring (bicyclic) bond motifs is 1. The molecule has 1 aliphatic heterocycles. The van der Waals surface area contributed by atoms with E-state index >= 15 is 0 Å². The number of aromatic amines is 1. The Morgan fingerprint density at radius 3 is 2.75 bits per heavy atom. The Hall–Kier alpha value is -4.67. The number of nitrogens with one attached hydrogen (secondary N) is 2. The molecule has 0 radical (unpaired) electrons. The van der Waals surface area contributed by atoms with Gasteiger partial charge in [0.2, 0.25) is 12.7 Å². The Labute approximate surface area is 238 Å². The van der Waals surface area contributed by atoms with E-state index in [1.807, 2.05) is 48.5 Å². The zero-order valence-electron chi connectivity index (χ0n) is 20.8. The van der Waals surface area contributed by atoms with Crippen LogP contribution in [0, 0.1) is 0 Å². The number of carbonyl (C=O) groups excluding carboxylic acids is 1. The van der Waals surface area contributed by atoms with Crippen molar-refractivity contribution in [3.05, 3.63) is 106 Å². The lowest BCUT2D eigenvalue weighted by molar-refractivity contribution is -0.117. The fraction of sp³-hybridized carbons (Fsp3) is 0.107. The zero-order valence-corrected chi connectivity index (χ0v) is 22.3. The highest BCUT2D eigenvalue weighted by molar-refractivity contribution is 6.32. The number of tetrazole rings is 1. The van der Waals surface area contributed by atoms with Gasteiger partial charge in [-0.25, -0.2) is 4.98 Å². The molecule has 0 saturated carbocycles. The topological polar surface area (TPSA) is 120 Å². The van der Waals surface area contributed by atoms with Gasteiger partial charge < -0.3 is 19.8 Å². The van der Waals surface area contributed by atoms with Gasteiger partial charge in [-0.1, -0.05) is 53.5 Å². The van der Waals surface area contributed by atoms with E-state index in [9.17, 15) is 4.79 Å². The van der Waals surface area contributed by atoms with Crippen molar-refractivity contribution >= 4 is 35.2 Å². The lowest BCUT2D eigenvalue weighted by Gasteiger charge is -2.16. The average Bonchev–Trinajstić information content (AvgIpc) is 3.73. The summed E-state index contributed by atoms with van der Waals surface area (Å²) in [6, 6.07) is 20.0. The summed E-state index contributed by atoms with van der Waals surface area (Å²) in [6.45, 7) is 0.170. The normalized spacial score (nSPS) is 13.1. The van der Waals surface area contributed by atoms with Gasteiger partial charge in [0.25, 0.3) is 0 Å². The summed E-state index contributed by atoms with van der Waals surface area (Å²) in [7, 11) is 0. The Morgan fingerprint density at radius 2 is 1.93 bits per heavy atom. The first-order valence-corrected chi connectivity index (χ1v) is 13.0. The number of halogens is 2. The molecule has 1 atom stereocenters. The van der Waals surface area contributed by atoms with Crippen LogP contribution in [0.2, 0.25) is 10.2 Å². The van der Waals surface area contributed by atoms with Crippen LogP contribution >= 0.6 is 23.2 Å². The third-order valence-electron chi connectivity index (χ3n) is 6.25. The second-order valence-corrected chi connectivity index (χ2v) is 9.71. The Balaban J connectivity index is 1.28. The third-order valence-corrected chi connectivity index (χ3v) is 6.76. The molecule has 6 rings (SSSR count). The summed E-state index contributed by atoms with van der Waals surface area (Å²) < 4.78 is 12.4. The molecule has 40 heavy (non-hydrogen) atoms. The molecular weight excluding hydrogens is 553 g/mol. The maximum Gasteiger partial charge on any atom is 0.244 e. The van der Waals surface area contributed by atoms with Crippen LogP contribution in [-0.4, -0.2) is 42.9 Å². The van der Waals surface area contributed by atoms with Crippen molar-refractivity contribution in [1.29, 1.82) is 0 Å².